The Kier molecular flexibility index (Phi) is 4.48. The highest BCUT2D eigenvalue weighted by Gasteiger charge is 2.60. The molecule has 2 aliphatic rings. The van der Waals surface area contributed by atoms with Gasteiger partial charge in [0.2, 0.25) is 10.8 Å². The van der Waals surface area contributed by atoms with Crippen LogP contribution in [-0.4, -0.2) is 17.6 Å². The number of hydrogen-bond acceptors (Lipinski definition) is 3. The van der Waals surface area contributed by atoms with Gasteiger partial charge in [0.05, 0.1) is 18.0 Å². The largest absolute Gasteiger partial charge is 0.304 e. The average molecular weight is 465 g/mol. The molecule has 6 heteroatoms. The van der Waals surface area contributed by atoms with E-state index in [0.29, 0.717) is 6.54 Å². The lowest BCUT2D eigenvalue weighted by Crippen LogP contribution is -2.49. The van der Waals surface area contributed by atoms with Crippen LogP contribution in [0.4, 0.5) is 11.4 Å². The molecule has 0 radical (unpaired) electrons. The maximum atomic E-state index is 13.9. The first kappa shape index (κ1) is 18.5. The third-order valence-electron chi connectivity index (χ3n) is 5.33. The summed E-state index contributed by atoms with van der Waals surface area (Å²) in [5.41, 5.74) is 3.52. The highest BCUT2D eigenvalue weighted by Crippen LogP contribution is 2.55. The van der Waals surface area contributed by atoms with Gasteiger partial charge < -0.3 is 4.90 Å². The Morgan fingerprint density at radius 3 is 2.34 bits per heavy atom. The first-order chi connectivity index (χ1) is 14.1. The van der Waals surface area contributed by atoms with Crippen LogP contribution in [0.15, 0.2) is 83.3 Å². The Balaban J connectivity index is 1.65. The Morgan fingerprint density at radius 1 is 0.897 bits per heavy atom. The van der Waals surface area contributed by atoms with E-state index in [1.165, 1.54) is 11.8 Å². The number of fused-ring (bicyclic) bond motifs is 2. The van der Waals surface area contributed by atoms with Gasteiger partial charge in [-0.1, -0.05) is 64.5 Å². The second-order valence-corrected chi connectivity index (χ2v) is 9.12. The molecule has 5 rings (SSSR count). The second-order valence-electron chi connectivity index (χ2n) is 7.03. The number of para-hydroxylation sites is 1. The number of halogens is 1. The lowest BCUT2D eigenvalue weighted by atomic mass is 10.0. The molecule has 2 amide bonds. The first-order valence-corrected chi connectivity index (χ1v) is 11.1. The smallest absolute Gasteiger partial charge is 0.269 e. The monoisotopic (exact) mass is 464 g/mol. The lowest BCUT2D eigenvalue weighted by Gasteiger charge is -2.33. The van der Waals surface area contributed by atoms with Gasteiger partial charge in [-0.2, -0.15) is 0 Å². The fourth-order valence-corrected chi connectivity index (χ4v) is 5.69. The fourth-order valence-electron chi connectivity index (χ4n) is 4.07. The van der Waals surface area contributed by atoms with E-state index in [-0.39, 0.29) is 17.6 Å². The molecule has 4 nitrogen and oxygen atoms in total. The Morgan fingerprint density at radius 2 is 1.59 bits per heavy atom. The third kappa shape index (κ3) is 2.81. The van der Waals surface area contributed by atoms with E-state index in [2.05, 4.69) is 15.9 Å². The van der Waals surface area contributed by atoms with Crippen molar-refractivity contribution >= 4 is 50.9 Å². The van der Waals surface area contributed by atoms with Crippen molar-refractivity contribution in [1.29, 1.82) is 0 Å². The Bertz CT molecular complexity index is 1100. The number of nitrogens with zero attached hydrogens (tertiary/aromatic N) is 2. The number of amides is 2. The van der Waals surface area contributed by atoms with Crippen molar-refractivity contribution < 1.29 is 9.59 Å². The molecule has 0 aromatic heterocycles. The zero-order valence-corrected chi connectivity index (χ0v) is 17.8. The molecule has 2 aliphatic heterocycles. The van der Waals surface area contributed by atoms with Gasteiger partial charge in [-0.3, -0.25) is 14.5 Å². The summed E-state index contributed by atoms with van der Waals surface area (Å²) in [6.07, 6.45) is 0. The van der Waals surface area contributed by atoms with E-state index in [9.17, 15) is 9.59 Å². The van der Waals surface area contributed by atoms with Gasteiger partial charge in [-0.05, 0) is 35.9 Å². The maximum Gasteiger partial charge on any atom is 0.269 e. The number of carbonyl (C=O) groups excluding carboxylic acids is 2. The predicted molar refractivity (Wildman–Crippen MR) is 120 cm³/mol. The van der Waals surface area contributed by atoms with Crippen molar-refractivity contribution in [3.05, 3.63) is 94.5 Å². The van der Waals surface area contributed by atoms with Crippen LogP contribution in [0.3, 0.4) is 0 Å². The van der Waals surface area contributed by atoms with E-state index in [0.717, 1.165) is 27.0 Å². The topological polar surface area (TPSA) is 40.6 Å². The molecule has 0 bridgehead atoms. The Hall–Kier alpha value is -2.57. The van der Waals surface area contributed by atoms with Gasteiger partial charge in [0.1, 0.15) is 0 Å². The van der Waals surface area contributed by atoms with Crippen molar-refractivity contribution in [3.8, 4) is 0 Å². The molecule has 1 atom stereocenters. The summed E-state index contributed by atoms with van der Waals surface area (Å²) in [5.74, 6) is 0.151. The number of carbonyl (C=O) groups is 2. The maximum absolute atomic E-state index is 13.9. The van der Waals surface area contributed by atoms with E-state index in [1.807, 2.05) is 83.8 Å². The molecule has 1 spiro atoms. The molecule has 3 aromatic carbocycles. The quantitative estimate of drug-likeness (QED) is 0.551. The number of thioether (sulfide) groups is 1. The van der Waals surface area contributed by atoms with Crippen molar-refractivity contribution in [2.75, 3.05) is 15.6 Å². The molecule has 0 unspecified atom stereocenters. The minimum atomic E-state index is -1.06. The van der Waals surface area contributed by atoms with Crippen molar-refractivity contribution in [3.63, 3.8) is 0 Å². The summed E-state index contributed by atoms with van der Waals surface area (Å²) in [4.78, 5) is 29.3. The number of hydrogen-bond donors (Lipinski definition) is 0. The van der Waals surface area contributed by atoms with Gasteiger partial charge >= 0.3 is 0 Å². The van der Waals surface area contributed by atoms with Crippen molar-refractivity contribution in [2.24, 2.45) is 0 Å². The van der Waals surface area contributed by atoms with Crippen molar-refractivity contribution in [1.82, 2.24) is 0 Å². The van der Waals surface area contributed by atoms with Crippen LogP contribution < -0.4 is 9.80 Å². The zero-order chi connectivity index (χ0) is 20.0. The normalized spacial score (nSPS) is 20.6. The number of anilines is 2. The molecule has 0 aliphatic carbocycles. The van der Waals surface area contributed by atoms with Crippen LogP contribution in [0.1, 0.15) is 11.1 Å². The lowest BCUT2D eigenvalue weighted by molar-refractivity contribution is -0.123. The number of benzene rings is 3. The minimum absolute atomic E-state index is 0.0537. The summed E-state index contributed by atoms with van der Waals surface area (Å²) < 4.78 is 0.929. The van der Waals surface area contributed by atoms with Gasteiger partial charge in [0.15, 0.2) is 0 Å². The molecule has 0 saturated carbocycles. The number of rotatable bonds is 3. The van der Waals surface area contributed by atoms with E-state index in [1.54, 1.807) is 4.90 Å². The van der Waals surface area contributed by atoms with Crippen LogP contribution in [-0.2, 0) is 21.0 Å². The summed E-state index contributed by atoms with van der Waals surface area (Å²) in [6, 6.07) is 25.3. The summed E-state index contributed by atoms with van der Waals surface area (Å²) in [5, 5.41) is 0. The molecule has 144 valence electrons. The first-order valence-electron chi connectivity index (χ1n) is 9.29. The van der Waals surface area contributed by atoms with Crippen LogP contribution in [0.25, 0.3) is 0 Å². The molecule has 2 heterocycles. The van der Waals surface area contributed by atoms with Gasteiger partial charge in [-0.15, -0.1) is 11.8 Å². The molecular formula is C23H17BrN2O2S. The van der Waals surface area contributed by atoms with Crippen LogP contribution in [0.5, 0.6) is 0 Å². The van der Waals surface area contributed by atoms with Crippen LogP contribution >= 0.6 is 27.7 Å². The van der Waals surface area contributed by atoms with Crippen LogP contribution in [0.2, 0.25) is 0 Å². The van der Waals surface area contributed by atoms with Crippen molar-refractivity contribution in [2.45, 2.75) is 11.4 Å². The highest BCUT2D eigenvalue weighted by molar-refractivity contribution is 9.10. The van der Waals surface area contributed by atoms with Gasteiger partial charge in [0, 0.05) is 15.7 Å². The minimum Gasteiger partial charge on any atom is -0.304 e. The molecule has 1 fully saturated rings. The predicted octanol–water partition coefficient (Wildman–Crippen LogP) is 4.93. The summed E-state index contributed by atoms with van der Waals surface area (Å²) >= 11 is 4.85. The zero-order valence-electron chi connectivity index (χ0n) is 15.4. The van der Waals surface area contributed by atoms with Gasteiger partial charge in [0.25, 0.3) is 5.91 Å². The fraction of sp³-hybridized carbons (Fsp3) is 0.130. The highest BCUT2D eigenvalue weighted by atomic mass is 79.9. The SMILES string of the molecule is O=C1CS[C@]2(C(=O)N(Cc3ccccc3)c3ccccc32)N1c1ccc(Br)cc1. The molecule has 0 N–H and O–H groups in total. The van der Waals surface area contributed by atoms with Gasteiger partial charge in [-0.25, -0.2) is 0 Å². The standard InChI is InChI=1S/C23H17BrN2O2S/c24-17-10-12-18(13-11-17)26-21(27)15-29-23(26)19-8-4-5-9-20(19)25(22(23)28)14-16-6-2-1-3-7-16/h1-13H,14-15H2/t23-/m1/s1. The molecule has 29 heavy (non-hydrogen) atoms. The molecule has 1 saturated heterocycles. The molecule has 3 aromatic rings. The second kappa shape index (κ2) is 7.04. The third-order valence-corrected chi connectivity index (χ3v) is 7.25. The van der Waals surface area contributed by atoms with Crippen LogP contribution in [0, 0.1) is 0 Å². The van der Waals surface area contributed by atoms with E-state index >= 15 is 0 Å². The van der Waals surface area contributed by atoms with E-state index < -0.39 is 4.87 Å². The van der Waals surface area contributed by atoms with E-state index in [4.69, 9.17) is 0 Å². The molecular weight excluding hydrogens is 448 g/mol. The Labute approximate surface area is 181 Å². The summed E-state index contributed by atoms with van der Waals surface area (Å²) in [6.45, 7) is 0.474. The average Bonchev–Trinajstić information content (AvgIpc) is 3.21. The summed E-state index contributed by atoms with van der Waals surface area (Å²) in [7, 11) is 0.